The van der Waals surface area contributed by atoms with Gasteiger partial charge in [0.15, 0.2) is 0 Å². The van der Waals surface area contributed by atoms with E-state index in [9.17, 15) is 0 Å². The normalized spacial score (nSPS) is 19.2. The van der Waals surface area contributed by atoms with Crippen molar-refractivity contribution in [1.29, 1.82) is 0 Å². The fraction of sp³-hybridized carbons (Fsp3) is 0.135. The lowest BCUT2D eigenvalue weighted by Gasteiger charge is -2.34. The van der Waals surface area contributed by atoms with Crippen molar-refractivity contribution in [3.8, 4) is 11.1 Å². The van der Waals surface area contributed by atoms with E-state index in [1.54, 1.807) is 0 Å². The van der Waals surface area contributed by atoms with Gasteiger partial charge in [-0.2, -0.15) is 0 Å². The lowest BCUT2D eigenvalue weighted by molar-refractivity contribution is 0.137. The van der Waals surface area contributed by atoms with Crippen molar-refractivity contribution in [2.75, 3.05) is 6.61 Å². The van der Waals surface area contributed by atoms with Gasteiger partial charge in [-0.3, -0.25) is 0 Å². The van der Waals surface area contributed by atoms with E-state index in [-0.39, 0.29) is 12.7 Å². The van der Waals surface area contributed by atoms with Crippen LogP contribution in [0.4, 0.5) is 0 Å². The Kier molecular flexibility index (Phi) is 5.13. The highest BCUT2D eigenvalue weighted by Gasteiger charge is 2.47. The second kappa shape index (κ2) is 8.66. The van der Waals surface area contributed by atoms with Crippen LogP contribution in [0, 0.1) is 0 Å². The van der Waals surface area contributed by atoms with E-state index in [2.05, 4.69) is 141 Å². The Morgan fingerprint density at radius 1 is 0.575 bits per heavy atom. The van der Waals surface area contributed by atoms with E-state index in [0.29, 0.717) is 6.61 Å². The molecule has 6 aromatic rings. The van der Waals surface area contributed by atoms with Gasteiger partial charge in [0.2, 0.25) is 0 Å². The van der Waals surface area contributed by atoms with Crippen LogP contribution in [0.5, 0.6) is 0 Å². The van der Waals surface area contributed by atoms with E-state index in [1.807, 2.05) is 0 Å². The van der Waals surface area contributed by atoms with Crippen molar-refractivity contribution in [2.45, 2.75) is 24.9 Å². The summed E-state index contributed by atoms with van der Waals surface area (Å²) in [5, 5.41) is 5.08. The summed E-state index contributed by atoms with van der Waals surface area (Å²) in [6, 6.07) is 46.8. The van der Waals surface area contributed by atoms with Crippen LogP contribution in [-0.4, -0.2) is 19.3 Å². The molecule has 2 nitrogen and oxygen atoms in total. The molecular formula is C37H29BO2. The Balaban J connectivity index is 1.44. The van der Waals surface area contributed by atoms with Crippen molar-refractivity contribution in [1.82, 2.24) is 0 Å². The quantitative estimate of drug-likeness (QED) is 0.176. The van der Waals surface area contributed by atoms with Gasteiger partial charge in [0, 0.05) is 0 Å². The third kappa shape index (κ3) is 3.38. The second-order valence-corrected chi connectivity index (χ2v) is 11.7. The molecule has 0 bridgehead atoms. The molecule has 0 N–H and O–H groups in total. The molecule has 192 valence electrons. The summed E-state index contributed by atoms with van der Waals surface area (Å²) in [5.41, 5.74) is 7.92. The third-order valence-electron chi connectivity index (χ3n) is 8.73. The maximum atomic E-state index is 6.33. The first-order chi connectivity index (χ1) is 19.5. The molecule has 40 heavy (non-hydrogen) atoms. The highest BCUT2D eigenvalue weighted by atomic mass is 16.7. The Bertz CT molecular complexity index is 1930. The summed E-state index contributed by atoms with van der Waals surface area (Å²) < 4.78 is 12.5. The first-order valence-electron chi connectivity index (χ1n) is 14.1. The van der Waals surface area contributed by atoms with Crippen molar-refractivity contribution in [2.24, 2.45) is 0 Å². The number of benzene rings is 6. The minimum absolute atomic E-state index is 0.301. The second-order valence-electron chi connectivity index (χ2n) is 11.7. The Hall–Kier alpha value is -4.18. The molecule has 1 unspecified atom stereocenters. The van der Waals surface area contributed by atoms with Gasteiger partial charge in [-0.05, 0) is 80.3 Å². The fourth-order valence-electron chi connectivity index (χ4n) is 6.97. The van der Waals surface area contributed by atoms with Crippen LogP contribution in [0.2, 0.25) is 0 Å². The van der Waals surface area contributed by atoms with Crippen LogP contribution in [0.15, 0.2) is 127 Å². The van der Waals surface area contributed by atoms with Gasteiger partial charge in [-0.1, -0.05) is 121 Å². The molecule has 6 aromatic carbocycles. The number of fused-ring (bicyclic) bond motifs is 6. The van der Waals surface area contributed by atoms with Gasteiger partial charge in [0.25, 0.3) is 0 Å². The summed E-state index contributed by atoms with van der Waals surface area (Å²) in [6.45, 7) is 4.75. The maximum Gasteiger partial charge on any atom is 0.494 e. The first-order valence-corrected chi connectivity index (χ1v) is 14.1. The Labute approximate surface area is 235 Å². The van der Waals surface area contributed by atoms with Crippen LogP contribution in [-0.2, 0) is 14.7 Å². The van der Waals surface area contributed by atoms with Gasteiger partial charge < -0.3 is 9.31 Å². The molecule has 0 radical (unpaired) electrons. The smallest absolute Gasteiger partial charge is 0.404 e. The van der Waals surface area contributed by atoms with E-state index in [4.69, 9.17) is 9.31 Å². The maximum absolute atomic E-state index is 6.33. The molecule has 1 aliphatic carbocycles. The fourth-order valence-corrected chi connectivity index (χ4v) is 6.97. The van der Waals surface area contributed by atoms with E-state index in [0.717, 1.165) is 5.46 Å². The standard InChI is InChI=1S/C37H29BO2/c1-36(2)24-39-38(40-36)29-19-21-33-32-14-8-9-15-34(32)37(35(33)23-29,27-11-4-3-5-12-27)28-18-20-31-26(22-28)17-16-25-10-6-7-13-30(25)31/h3-23H,24H2,1-2H3. The zero-order valence-electron chi connectivity index (χ0n) is 22.7. The lowest BCUT2D eigenvalue weighted by atomic mass is 9.66. The molecule has 0 spiro atoms. The average Bonchev–Trinajstić information content (AvgIpc) is 3.52. The zero-order valence-corrected chi connectivity index (χ0v) is 22.7. The van der Waals surface area contributed by atoms with Gasteiger partial charge in [-0.25, -0.2) is 0 Å². The predicted octanol–water partition coefficient (Wildman–Crippen LogP) is 7.88. The lowest BCUT2D eigenvalue weighted by Crippen LogP contribution is -2.36. The zero-order chi connectivity index (χ0) is 26.9. The van der Waals surface area contributed by atoms with Crippen molar-refractivity contribution in [3.05, 3.63) is 150 Å². The molecular weight excluding hydrogens is 487 g/mol. The topological polar surface area (TPSA) is 18.5 Å². The van der Waals surface area contributed by atoms with Crippen molar-refractivity contribution >= 4 is 34.1 Å². The predicted molar refractivity (Wildman–Crippen MR) is 165 cm³/mol. The summed E-state index contributed by atoms with van der Waals surface area (Å²) in [6.07, 6.45) is 0. The highest BCUT2D eigenvalue weighted by Crippen LogP contribution is 2.56. The number of hydrogen-bond acceptors (Lipinski definition) is 2. The largest absolute Gasteiger partial charge is 0.494 e. The molecule has 0 amide bonds. The third-order valence-corrected chi connectivity index (χ3v) is 8.73. The number of rotatable bonds is 3. The summed E-state index contributed by atoms with van der Waals surface area (Å²) in [7, 11) is -0.375. The van der Waals surface area contributed by atoms with E-state index in [1.165, 1.54) is 54.9 Å². The minimum atomic E-state index is -0.475. The van der Waals surface area contributed by atoms with Crippen LogP contribution < -0.4 is 5.46 Å². The van der Waals surface area contributed by atoms with Gasteiger partial charge in [0.1, 0.15) is 0 Å². The van der Waals surface area contributed by atoms with Crippen LogP contribution in [0.25, 0.3) is 32.7 Å². The summed E-state index contributed by atoms with van der Waals surface area (Å²) >= 11 is 0. The summed E-state index contributed by atoms with van der Waals surface area (Å²) in [5.74, 6) is 0. The molecule has 1 fully saturated rings. The minimum Gasteiger partial charge on any atom is -0.404 e. The molecule has 8 rings (SSSR count). The average molecular weight is 516 g/mol. The van der Waals surface area contributed by atoms with Gasteiger partial charge >= 0.3 is 7.12 Å². The molecule has 2 aliphatic rings. The molecule has 1 saturated heterocycles. The monoisotopic (exact) mass is 516 g/mol. The molecule has 0 saturated carbocycles. The Morgan fingerprint density at radius 3 is 2.15 bits per heavy atom. The van der Waals surface area contributed by atoms with Gasteiger partial charge in [0.05, 0.1) is 17.6 Å². The molecule has 1 heterocycles. The van der Waals surface area contributed by atoms with Crippen LogP contribution in [0.3, 0.4) is 0 Å². The van der Waals surface area contributed by atoms with Crippen LogP contribution >= 0.6 is 0 Å². The van der Waals surface area contributed by atoms with E-state index < -0.39 is 5.41 Å². The summed E-state index contributed by atoms with van der Waals surface area (Å²) in [4.78, 5) is 0. The highest BCUT2D eigenvalue weighted by molar-refractivity contribution is 6.62. The van der Waals surface area contributed by atoms with Crippen LogP contribution in [0.1, 0.15) is 36.1 Å². The van der Waals surface area contributed by atoms with Crippen molar-refractivity contribution < 1.29 is 9.31 Å². The Morgan fingerprint density at radius 2 is 1.30 bits per heavy atom. The molecule has 3 heteroatoms. The molecule has 1 aliphatic heterocycles. The molecule has 1 atom stereocenters. The van der Waals surface area contributed by atoms with Gasteiger partial charge in [-0.15, -0.1) is 0 Å². The first kappa shape index (κ1) is 23.7. The SMILES string of the molecule is CC1(C)COB(c2ccc3c(c2)C(c2ccccc2)(c2ccc4c(ccc5ccccc54)c2)c2ccccc2-3)O1. The van der Waals surface area contributed by atoms with E-state index >= 15 is 0 Å². The molecule has 0 aromatic heterocycles. The van der Waals surface area contributed by atoms with Crippen molar-refractivity contribution in [3.63, 3.8) is 0 Å². The number of hydrogen-bond donors (Lipinski definition) is 0.